The summed E-state index contributed by atoms with van der Waals surface area (Å²) in [5.74, 6) is 0.223. The number of amides is 3. The Hall–Kier alpha value is -1.93. The van der Waals surface area contributed by atoms with Gasteiger partial charge in [-0.15, -0.1) is 11.3 Å². The lowest BCUT2D eigenvalue weighted by Crippen LogP contribution is -2.42. The highest BCUT2D eigenvalue weighted by molar-refractivity contribution is 7.17. The van der Waals surface area contributed by atoms with Crippen LogP contribution in [0.1, 0.15) is 40.1 Å². The highest BCUT2D eigenvalue weighted by atomic mass is 32.1. The van der Waals surface area contributed by atoms with E-state index in [0.717, 1.165) is 29.7 Å². The van der Waals surface area contributed by atoms with E-state index in [2.05, 4.69) is 0 Å². The quantitative estimate of drug-likeness (QED) is 0.780. The van der Waals surface area contributed by atoms with Crippen LogP contribution >= 0.6 is 11.3 Å². The molecular formula is C19H25N3O4S. The van der Waals surface area contributed by atoms with E-state index in [-0.39, 0.29) is 30.2 Å². The van der Waals surface area contributed by atoms with Crippen LogP contribution in [0.3, 0.4) is 0 Å². The van der Waals surface area contributed by atoms with E-state index in [9.17, 15) is 14.4 Å². The number of hydrogen-bond acceptors (Lipinski definition) is 5. The van der Waals surface area contributed by atoms with E-state index in [1.54, 1.807) is 19.1 Å². The maximum atomic E-state index is 13.0. The Morgan fingerprint density at radius 2 is 2.04 bits per heavy atom. The van der Waals surface area contributed by atoms with Crippen LogP contribution < -0.4 is 4.90 Å². The lowest BCUT2D eigenvalue weighted by atomic mass is 9.84. The molecule has 0 atom stereocenters. The molecule has 0 saturated heterocycles. The minimum absolute atomic E-state index is 0.0744. The van der Waals surface area contributed by atoms with Gasteiger partial charge in [0.1, 0.15) is 11.5 Å². The Bertz CT molecular complexity index is 786. The van der Waals surface area contributed by atoms with Crippen molar-refractivity contribution in [2.75, 3.05) is 45.3 Å². The van der Waals surface area contributed by atoms with E-state index >= 15 is 0 Å². The first-order valence-corrected chi connectivity index (χ1v) is 10.3. The second kappa shape index (κ2) is 7.24. The fourth-order valence-corrected chi connectivity index (χ4v) is 5.37. The SMILES string of the molecule is COCCN1C(=O)CN(C)C(=O)c2c1sc1c2CCN(C(=O)C2CCC2)C1. The van der Waals surface area contributed by atoms with Crippen molar-refractivity contribution in [3.63, 3.8) is 0 Å². The molecule has 0 bridgehead atoms. The Labute approximate surface area is 162 Å². The minimum atomic E-state index is -0.102. The van der Waals surface area contributed by atoms with Crippen LogP contribution in [0.2, 0.25) is 0 Å². The van der Waals surface area contributed by atoms with Gasteiger partial charge in [0, 0.05) is 31.5 Å². The number of ether oxygens (including phenoxy) is 1. The molecule has 1 aromatic rings. The van der Waals surface area contributed by atoms with E-state index in [0.29, 0.717) is 43.2 Å². The van der Waals surface area contributed by atoms with E-state index in [1.165, 1.54) is 16.2 Å². The smallest absolute Gasteiger partial charge is 0.257 e. The highest BCUT2D eigenvalue weighted by Gasteiger charge is 2.38. The van der Waals surface area contributed by atoms with Crippen LogP contribution in [0.15, 0.2) is 0 Å². The molecule has 1 saturated carbocycles. The molecule has 0 spiro atoms. The third-order valence-electron chi connectivity index (χ3n) is 5.80. The fourth-order valence-electron chi connectivity index (χ4n) is 3.97. The zero-order chi connectivity index (χ0) is 19.1. The summed E-state index contributed by atoms with van der Waals surface area (Å²) in [6.07, 6.45) is 3.79. The van der Waals surface area contributed by atoms with Gasteiger partial charge in [0.2, 0.25) is 11.8 Å². The van der Waals surface area contributed by atoms with Crippen molar-refractivity contribution >= 4 is 34.1 Å². The summed E-state index contributed by atoms with van der Waals surface area (Å²) in [7, 11) is 3.27. The summed E-state index contributed by atoms with van der Waals surface area (Å²) >= 11 is 1.49. The second-order valence-electron chi connectivity index (χ2n) is 7.52. The first-order chi connectivity index (χ1) is 13.0. The fraction of sp³-hybridized carbons (Fsp3) is 0.632. The zero-order valence-corrected chi connectivity index (χ0v) is 16.6. The normalized spacial score (nSPS) is 20.3. The molecule has 1 aromatic heterocycles. The largest absolute Gasteiger partial charge is 0.383 e. The first kappa shape index (κ1) is 18.4. The molecule has 0 unspecified atom stereocenters. The number of hydrogen-bond donors (Lipinski definition) is 0. The van der Waals surface area contributed by atoms with Gasteiger partial charge in [0.05, 0.1) is 25.3 Å². The standard InChI is InChI=1S/C19H25N3O4S/c1-20-11-15(23)22(8-9-26-2)19-16(18(20)25)13-6-7-21(10-14(13)27-19)17(24)12-4-3-5-12/h12H,3-11H2,1-2H3. The number of nitrogens with zero attached hydrogens (tertiary/aromatic N) is 3. The summed E-state index contributed by atoms with van der Waals surface area (Å²) < 4.78 is 5.16. The van der Waals surface area contributed by atoms with Crippen LogP contribution in [0, 0.1) is 5.92 Å². The van der Waals surface area contributed by atoms with Crippen molar-refractivity contribution in [1.82, 2.24) is 9.80 Å². The molecule has 7 nitrogen and oxygen atoms in total. The molecule has 1 fully saturated rings. The summed E-state index contributed by atoms with van der Waals surface area (Å²) in [6.45, 7) is 2.11. The van der Waals surface area contributed by atoms with Gasteiger partial charge in [-0.2, -0.15) is 0 Å². The van der Waals surface area contributed by atoms with Gasteiger partial charge in [-0.1, -0.05) is 6.42 Å². The second-order valence-corrected chi connectivity index (χ2v) is 8.60. The molecule has 0 aromatic carbocycles. The maximum absolute atomic E-state index is 13.0. The molecule has 3 heterocycles. The first-order valence-electron chi connectivity index (χ1n) is 9.49. The molecule has 3 amide bonds. The van der Waals surface area contributed by atoms with Crippen molar-refractivity contribution in [3.8, 4) is 0 Å². The van der Waals surface area contributed by atoms with Crippen LogP contribution in [0.4, 0.5) is 5.00 Å². The maximum Gasteiger partial charge on any atom is 0.257 e. The molecule has 4 rings (SSSR count). The van der Waals surface area contributed by atoms with Gasteiger partial charge in [0.15, 0.2) is 0 Å². The Balaban J connectivity index is 1.67. The zero-order valence-electron chi connectivity index (χ0n) is 15.8. The molecule has 8 heteroatoms. The van der Waals surface area contributed by atoms with Gasteiger partial charge in [-0.25, -0.2) is 0 Å². The molecule has 1 aliphatic carbocycles. The third kappa shape index (κ3) is 3.14. The Kier molecular flexibility index (Phi) is 4.94. The van der Waals surface area contributed by atoms with E-state index in [1.807, 2.05) is 4.90 Å². The lowest BCUT2D eigenvalue weighted by Gasteiger charge is -2.34. The lowest BCUT2D eigenvalue weighted by molar-refractivity contribution is -0.139. The van der Waals surface area contributed by atoms with Crippen molar-refractivity contribution in [2.24, 2.45) is 5.92 Å². The van der Waals surface area contributed by atoms with Crippen LogP contribution in [-0.2, 0) is 27.3 Å². The van der Waals surface area contributed by atoms with Gasteiger partial charge in [-0.05, 0) is 24.8 Å². The Morgan fingerprint density at radius 3 is 2.70 bits per heavy atom. The summed E-state index contributed by atoms with van der Waals surface area (Å²) in [4.78, 5) is 44.4. The number of fused-ring (bicyclic) bond motifs is 3. The molecule has 0 N–H and O–H groups in total. The summed E-state index contributed by atoms with van der Waals surface area (Å²) in [5.41, 5.74) is 1.66. The van der Waals surface area contributed by atoms with Crippen molar-refractivity contribution in [1.29, 1.82) is 0 Å². The summed E-state index contributed by atoms with van der Waals surface area (Å²) in [6, 6.07) is 0. The number of carbonyl (C=O) groups is 3. The average molecular weight is 391 g/mol. The molecule has 3 aliphatic rings. The summed E-state index contributed by atoms with van der Waals surface area (Å²) in [5, 5.41) is 0.717. The molecule has 0 radical (unpaired) electrons. The number of methoxy groups -OCH3 is 1. The predicted octanol–water partition coefficient (Wildman–Crippen LogP) is 1.50. The highest BCUT2D eigenvalue weighted by Crippen LogP contribution is 2.42. The van der Waals surface area contributed by atoms with Crippen LogP contribution in [0.25, 0.3) is 0 Å². The Morgan fingerprint density at radius 1 is 1.26 bits per heavy atom. The van der Waals surface area contributed by atoms with Crippen molar-refractivity contribution in [3.05, 3.63) is 16.0 Å². The molecule has 146 valence electrons. The van der Waals surface area contributed by atoms with E-state index < -0.39 is 0 Å². The van der Waals surface area contributed by atoms with E-state index in [4.69, 9.17) is 4.74 Å². The number of anilines is 1. The van der Waals surface area contributed by atoms with Crippen LogP contribution in [-0.4, -0.2) is 67.9 Å². The van der Waals surface area contributed by atoms with Gasteiger partial charge < -0.3 is 14.5 Å². The van der Waals surface area contributed by atoms with Crippen LogP contribution in [0.5, 0.6) is 0 Å². The molecule has 27 heavy (non-hydrogen) atoms. The number of thiophene rings is 1. The number of rotatable bonds is 4. The van der Waals surface area contributed by atoms with Gasteiger partial charge in [0.25, 0.3) is 5.91 Å². The third-order valence-corrected chi connectivity index (χ3v) is 7.04. The topological polar surface area (TPSA) is 70.2 Å². The van der Waals surface area contributed by atoms with Gasteiger partial charge >= 0.3 is 0 Å². The predicted molar refractivity (Wildman–Crippen MR) is 102 cm³/mol. The van der Waals surface area contributed by atoms with Gasteiger partial charge in [-0.3, -0.25) is 19.3 Å². The van der Waals surface area contributed by atoms with Crippen molar-refractivity contribution in [2.45, 2.75) is 32.2 Å². The molecule has 2 aliphatic heterocycles. The molecular weight excluding hydrogens is 366 g/mol. The minimum Gasteiger partial charge on any atom is -0.383 e. The van der Waals surface area contributed by atoms with Crippen molar-refractivity contribution < 1.29 is 19.1 Å². The number of likely N-dealkylation sites (N-methyl/N-ethyl adjacent to an activating group) is 1. The number of carbonyl (C=O) groups excluding carboxylic acids is 3. The average Bonchev–Trinajstić information content (AvgIpc) is 2.94. The monoisotopic (exact) mass is 391 g/mol.